The molecule has 1 saturated carbocycles. The molecule has 3 N–H and O–H groups in total. The van der Waals surface area contributed by atoms with Gasteiger partial charge < -0.3 is 15.3 Å². The predicted molar refractivity (Wildman–Crippen MR) is 107 cm³/mol. The number of pyridine rings is 1. The molecular weight excluding hydrogens is 370 g/mol. The highest BCUT2D eigenvalue weighted by Gasteiger charge is 2.31. The number of piperidine rings is 1. The molecule has 1 aliphatic heterocycles. The largest absolute Gasteiger partial charge is 0.393 e. The van der Waals surface area contributed by atoms with E-state index in [4.69, 9.17) is 0 Å². The molecule has 3 heterocycles. The second-order valence-corrected chi connectivity index (χ2v) is 7.98. The van der Waals surface area contributed by atoms with Crippen LogP contribution in [0.2, 0.25) is 0 Å². The van der Waals surface area contributed by atoms with Crippen molar-refractivity contribution in [1.82, 2.24) is 25.4 Å². The summed E-state index contributed by atoms with van der Waals surface area (Å²) in [6, 6.07) is 5.51. The SMILES string of the molecule is O=C(NC1CCC(C(=O)N2CCC(O)CC2)CC1)c1cc(-c2ccncc2)n[nH]1. The molecular formula is C21H27N5O3. The summed E-state index contributed by atoms with van der Waals surface area (Å²) in [6.07, 6.45) is 7.61. The Balaban J connectivity index is 1.27. The highest BCUT2D eigenvalue weighted by molar-refractivity contribution is 5.93. The number of aromatic amines is 1. The average molecular weight is 397 g/mol. The minimum absolute atomic E-state index is 0.0313. The normalized spacial score (nSPS) is 23.0. The Morgan fingerprint density at radius 1 is 1.07 bits per heavy atom. The molecule has 2 aromatic rings. The van der Waals surface area contributed by atoms with E-state index in [0.717, 1.165) is 31.2 Å². The Labute approximate surface area is 169 Å². The maximum absolute atomic E-state index is 12.7. The minimum atomic E-state index is -0.272. The van der Waals surface area contributed by atoms with Crippen LogP contribution in [0, 0.1) is 5.92 Å². The molecule has 29 heavy (non-hydrogen) atoms. The first-order valence-corrected chi connectivity index (χ1v) is 10.3. The number of amides is 2. The number of aliphatic hydroxyl groups excluding tert-OH is 1. The average Bonchev–Trinajstić information content (AvgIpc) is 3.26. The standard InChI is InChI=1S/C21H27N5O3/c27-17-7-11-26(12-8-17)21(29)15-1-3-16(4-2-15)23-20(28)19-13-18(24-25-19)14-5-9-22-10-6-14/h5-6,9-10,13,15-17,27H,1-4,7-8,11-12H2,(H,23,28)(H,24,25). The monoisotopic (exact) mass is 397 g/mol. The van der Waals surface area contributed by atoms with Crippen molar-refractivity contribution in [2.24, 2.45) is 5.92 Å². The summed E-state index contributed by atoms with van der Waals surface area (Å²) in [6.45, 7) is 1.30. The predicted octanol–water partition coefficient (Wildman–Crippen LogP) is 1.74. The molecule has 2 fully saturated rings. The Morgan fingerprint density at radius 2 is 1.76 bits per heavy atom. The summed E-state index contributed by atoms with van der Waals surface area (Å²) >= 11 is 0. The van der Waals surface area contributed by atoms with E-state index in [0.29, 0.717) is 37.3 Å². The summed E-state index contributed by atoms with van der Waals surface area (Å²) in [5.41, 5.74) is 2.04. The molecule has 2 amide bonds. The third-order valence-electron chi connectivity index (χ3n) is 5.99. The topological polar surface area (TPSA) is 111 Å². The van der Waals surface area contributed by atoms with Gasteiger partial charge in [-0.15, -0.1) is 0 Å². The van der Waals surface area contributed by atoms with Crippen LogP contribution < -0.4 is 5.32 Å². The van der Waals surface area contributed by atoms with Crippen molar-refractivity contribution in [3.63, 3.8) is 0 Å². The number of aliphatic hydroxyl groups is 1. The van der Waals surface area contributed by atoms with E-state index < -0.39 is 0 Å². The third-order valence-corrected chi connectivity index (χ3v) is 5.99. The van der Waals surface area contributed by atoms with Gasteiger partial charge in [0.15, 0.2) is 0 Å². The Bertz CT molecular complexity index is 837. The number of aromatic nitrogens is 3. The van der Waals surface area contributed by atoms with Gasteiger partial charge in [-0.05, 0) is 56.7 Å². The fraction of sp³-hybridized carbons (Fsp3) is 0.524. The maximum Gasteiger partial charge on any atom is 0.269 e. The fourth-order valence-electron chi connectivity index (χ4n) is 4.20. The Morgan fingerprint density at radius 3 is 2.45 bits per heavy atom. The molecule has 154 valence electrons. The first-order valence-electron chi connectivity index (χ1n) is 10.3. The van der Waals surface area contributed by atoms with E-state index in [1.54, 1.807) is 18.5 Å². The van der Waals surface area contributed by atoms with Gasteiger partial charge in [-0.2, -0.15) is 5.10 Å². The van der Waals surface area contributed by atoms with E-state index in [9.17, 15) is 14.7 Å². The van der Waals surface area contributed by atoms with Crippen LogP contribution >= 0.6 is 0 Å². The van der Waals surface area contributed by atoms with Crippen LogP contribution in [0.4, 0.5) is 0 Å². The molecule has 0 unspecified atom stereocenters. The lowest BCUT2D eigenvalue weighted by atomic mass is 9.84. The van der Waals surface area contributed by atoms with Gasteiger partial charge in [0.25, 0.3) is 5.91 Å². The van der Waals surface area contributed by atoms with Gasteiger partial charge in [0.2, 0.25) is 5.91 Å². The van der Waals surface area contributed by atoms with E-state index >= 15 is 0 Å². The molecule has 4 rings (SSSR count). The molecule has 2 aliphatic rings. The van der Waals surface area contributed by atoms with Crippen molar-refractivity contribution in [3.05, 3.63) is 36.3 Å². The number of hydrogen-bond donors (Lipinski definition) is 3. The molecule has 0 aromatic carbocycles. The molecule has 1 saturated heterocycles. The summed E-state index contributed by atoms with van der Waals surface area (Å²) in [5.74, 6) is 0.0682. The van der Waals surface area contributed by atoms with Crippen molar-refractivity contribution in [1.29, 1.82) is 0 Å². The molecule has 0 radical (unpaired) electrons. The molecule has 0 atom stereocenters. The number of carbonyl (C=O) groups is 2. The maximum atomic E-state index is 12.7. The smallest absolute Gasteiger partial charge is 0.269 e. The number of likely N-dealkylation sites (tertiary alicyclic amines) is 1. The summed E-state index contributed by atoms with van der Waals surface area (Å²) < 4.78 is 0. The minimum Gasteiger partial charge on any atom is -0.393 e. The van der Waals surface area contributed by atoms with Gasteiger partial charge >= 0.3 is 0 Å². The lowest BCUT2D eigenvalue weighted by Gasteiger charge is -2.35. The van der Waals surface area contributed by atoms with Crippen molar-refractivity contribution >= 4 is 11.8 Å². The number of nitrogens with zero attached hydrogens (tertiary/aromatic N) is 3. The van der Waals surface area contributed by atoms with Crippen LogP contribution in [-0.4, -0.2) is 62.2 Å². The van der Waals surface area contributed by atoms with E-state index in [1.165, 1.54) is 0 Å². The number of rotatable bonds is 4. The van der Waals surface area contributed by atoms with Crippen molar-refractivity contribution in [2.45, 2.75) is 50.7 Å². The first kappa shape index (κ1) is 19.6. The van der Waals surface area contributed by atoms with Gasteiger partial charge in [0.05, 0.1) is 11.8 Å². The number of carbonyl (C=O) groups excluding carboxylic acids is 2. The summed E-state index contributed by atoms with van der Waals surface area (Å²) in [5, 5.41) is 19.7. The van der Waals surface area contributed by atoms with E-state index in [2.05, 4.69) is 20.5 Å². The quantitative estimate of drug-likeness (QED) is 0.728. The van der Waals surface area contributed by atoms with Gasteiger partial charge in [-0.3, -0.25) is 19.7 Å². The second kappa shape index (κ2) is 8.73. The van der Waals surface area contributed by atoms with E-state index in [-0.39, 0.29) is 29.9 Å². The van der Waals surface area contributed by atoms with Crippen LogP contribution in [0.5, 0.6) is 0 Å². The lowest BCUT2D eigenvalue weighted by molar-refractivity contribution is -0.138. The van der Waals surface area contributed by atoms with Crippen LogP contribution in [-0.2, 0) is 4.79 Å². The van der Waals surface area contributed by atoms with Crippen molar-refractivity contribution in [3.8, 4) is 11.3 Å². The summed E-state index contributed by atoms with van der Waals surface area (Å²) in [4.78, 5) is 31.1. The molecule has 8 heteroatoms. The second-order valence-electron chi connectivity index (χ2n) is 7.98. The fourth-order valence-corrected chi connectivity index (χ4v) is 4.20. The zero-order chi connectivity index (χ0) is 20.2. The van der Waals surface area contributed by atoms with Gasteiger partial charge in [-0.25, -0.2) is 0 Å². The highest BCUT2D eigenvalue weighted by Crippen LogP contribution is 2.27. The molecule has 0 bridgehead atoms. The van der Waals surface area contributed by atoms with Crippen LogP contribution in [0.1, 0.15) is 49.0 Å². The molecule has 1 aliphatic carbocycles. The zero-order valence-corrected chi connectivity index (χ0v) is 16.4. The number of H-pyrrole nitrogens is 1. The highest BCUT2D eigenvalue weighted by atomic mass is 16.3. The molecule has 2 aromatic heterocycles. The zero-order valence-electron chi connectivity index (χ0n) is 16.4. The van der Waals surface area contributed by atoms with Gasteiger partial charge in [0, 0.05) is 43.0 Å². The van der Waals surface area contributed by atoms with E-state index in [1.807, 2.05) is 17.0 Å². The first-order chi connectivity index (χ1) is 14.1. The molecule has 0 spiro atoms. The number of nitrogens with one attached hydrogen (secondary N) is 2. The Kier molecular flexibility index (Phi) is 5.89. The third kappa shape index (κ3) is 4.64. The summed E-state index contributed by atoms with van der Waals surface area (Å²) in [7, 11) is 0. The van der Waals surface area contributed by atoms with Crippen molar-refractivity contribution < 1.29 is 14.7 Å². The molecule has 8 nitrogen and oxygen atoms in total. The van der Waals surface area contributed by atoms with Crippen LogP contribution in [0.3, 0.4) is 0 Å². The lowest BCUT2D eigenvalue weighted by Crippen LogP contribution is -2.45. The van der Waals surface area contributed by atoms with Crippen LogP contribution in [0.15, 0.2) is 30.6 Å². The number of hydrogen-bond acceptors (Lipinski definition) is 5. The van der Waals surface area contributed by atoms with Gasteiger partial charge in [0.1, 0.15) is 5.69 Å². The van der Waals surface area contributed by atoms with Crippen molar-refractivity contribution in [2.75, 3.05) is 13.1 Å². The van der Waals surface area contributed by atoms with Crippen LogP contribution in [0.25, 0.3) is 11.3 Å². The van der Waals surface area contributed by atoms with Gasteiger partial charge in [-0.1, -0.05) is 0 Å². The Hall–Kier alpha value is -2.74.